The van der Waals surface area contributed by atoms with Crippen LogP contribution in [-0.2, 0) is 21.0 Å². The molecule has 1 atom stereocenters. The second-order valence-electron chi connectivity index (χ2n) is 8.37. The van der Waals surface area contributed by atoms with Crippen LogP contribution in [0.1, 0.15) is 37.8 Å². The van der Waals surface area contributed by atoms with Crippen LogP contribution >= 0.6 is 0 Å². The number of para-hydroxylation sites is 1. The first-order valence-corrected chi connectivity index (χ1v) is 12.2. The molecular weight excluding hydrogens is 455 g/mol. The van der Waals surface area contributed by atoms with Crippen LogP contribution < -0.4 is 5.32 Å². The van der Waals surface area contributed by atoms with E-state index < -0.39 is 27.8 Å². The molecule has 1 amide bonds. The molecule has 1 aliphatic rings. The van der Waals surface area contributed by atoms with Gasteiger partial charge in [0.2, 0.25) is 15.9 Å². The van der Waals surface area contributed by atoms with Gasteiger partial charge in [-0.1, -0.05) is 38.1 Å². The molecule has 1 fully saturated rings. The number of halogens is 3. The molecule has 1 N–H and O–H groups in total. The highest BCUT2D eigenvalue weighted by atomic mass is 32.2. The van der Waals surface area contributed by atoms with Gasteiger partial charge in [-0.05, 0) is 42.7 Å². The molecule has 0 radical (unpaired) electrons. The Balaban J connectivity index is 1.65. The largest absolute Gasteiger partial charge is 0.416 e. The first-order chi connectivity index (χ1) is 15.4. The third kappa shape index (κ3) is 5.74. The average Bonchev–Trinajstić information content (AvgIpc) is 2.78. The van der Waals surface area contributed by atoms with E-state index in [1.807, 2.05) is 43.0 Å². The lowest BCUT2D eigenvalue weighted by atomic mass is 10.0. The van der Waals surface area contributed by atoms with Gasteiger partial charge in [0.05, 0.1) is 16.5 Å². The van der Waals surface area contributed by atoms with E-state index in [1.54, 1.807) is 6.92 Å². The minimum atomic E-state index is -4.62. The Labute approximate surface area is 192 Å². The van der Waals surface area contributed by atoms with Gasteiger partial charge in [-0.3, -0.25) is 9.69 Å². The minimum Gasteiger partial charge on any atom is -0.324 e. The quantitative estimate of drug-likeness (QED) is 0.670. The van der Waals surface area contributed by atoms with Crippen molar-refractivity contribution in [2.24, 2.45) is 0 Å². The number of hydrogen-bond donors (Lipinski definition) is 1. The van der Waals surface area contributed by atoms with E-state index in [4.69, 9.17) is 0 Å². The second-order valence-corrected chi connectivity index (χ2v) is 10.3. The van der Waals surface area contributed by atoms with Gasteiger partial charge in [-0.25, -0.2) is 8.42 Å². The molecule has 3 rings (SSSR count). The van der Waals surface area contributed by atoms with E-state index >= 15 is 0 Å². The highest BCUT2D eigenvalue weighted by molar-refractivity contribution is 7.89. The van der Waals surface area contributed by atoms with Crippen LogP contribution in [0.2, 0.25) is 0 Å². The molecule has 0 aromatic heterocycles. The topological polar surface area (TPSA) is 69.7 Å². The lowest BCUT2D eigenvalue weighted by Gasteiger charge is -2.36. The number of hydrogen-bond acceptors (Lipinski definition) is 4. The summed E-state index contributed by atoms with van der Waals surface area (Å²) in [6, 6.07) is 10.8. The van der Waals surface area contributed by atoms with Crippen molar-refractivity contribution < 1.29 is 26.4 Å². The van der Waals surface area contributed by atoms with Crippen LogP contribution in [-0.4, -0.2) is 55.8 Å². The number of nitrogens with zero attached hydrogens (tertiary/aromatic N) is 2. The Kier molecular flexibility index (Phi) is 7.50. The molecule has 180 valence electrons. The van der Waals surface area contributed by atoms with Gasteiger partial charge in [-0.15, -0.1) is 0 Å². The summed E-state index contributed by atoms with van der Waals surface area (Å²) in [6.45, 7) is 6.58. The maximum atomic E-state index is 13.0. The normalized spacial score (nSPS) is 17.2. The SMILES string of the molecule is CC(C)c1ccccc1NC(=O)C(C)N1CCN(S(=O)(=O)c2cccc(C(F)(F)F)c2)CC1. The zero-order valence-electron chi connectivity index (χ0n) is 18.8. The van der Waals surface area contributed by atoms with Gasteiger partial charge in [0, 0.05) is 31.9 Å². The third-order valence-electron chi connectivity index (χ3n) is 5.84. The maximum Gasteiger partial charge on any atom is 0.416 e. The molecule has 1 aliphatic heterocycles. The van der Waals surface area contributed by atoms with Crippen LogP contribution in [0.5, 0.6) is 0 Å². The van der Waals surface area contributed by atoms with E-state index in [0.29, 0.717) is 19.2 Å². The van der Waals surface area contributed by atoms with E-state index in [2.05, 4.69) is 5.32 Å². The monoisotopic (exact) mass is 483 g/mol. The summed E-state index contributed by atoms with van der Waals surface area (Å²) in [4.78, 5) is 14.3. The summed E-state index contributed by atoms with van der Waals surface area (Å²) in [5.74, 6) is 0.0405. The fourth-order valence-corrected chi connectivity index (χ4v) is 5.30. The van der Waals surface area contributed by atoms with Crippen molar-refractivity contribution in [3.8, 4) is 0 Å². The molecule has 6 nitrogen and oxygen atoms in total. The van der Waals surface area contributed by atoms with Crippen LogP contribution in [0, 0.1) is 0 Å². The smallest absolute Gasteiger partial charge is 0.324 e. The summed E-state index contributed by atoms with van der Waals surface area (Å²) in [5, 5.41) is 2.96. The molecule has 0 bridgehead atoms. The number of carbonyl (C=O) groups is 1. The Bertz CT molecular complexity index is 1100. The number of carbonyl (C=O) groups excluding carboxylic acids is 1. The lowest BCUT2D eigenvalue weighted by molar-refractivity contribution is -0.137. The van der Waals surface area contributed by atoms with Crippen molar-refractivity contribution in [2.45, 2.75) is 43.8 Å². The fourth-order valence-electron chi connectivity index (χ4n) is 3.83. The highest BCUT2D eigenvalue weighted by Gasteiger charge is 2.35. The fraction of sp³-hybridized carbons (Fsp3) is 0.435. The number of rotatable bonds is 6. The molecule has 1 saturated heterocycles. The standard InChI is InChI=1S/C23H28F3N3O3S/c1-16(2)20-9-4-5-10-21(20)27-22(30)17(3)28-11-13-29(14-12-28)33(31,32)19-8-6-7-18(15-19)23(24,25)26/h4-10,15-17H,11-14H2,1-3H3,(H,27,30). The predicted octanol–water partition coefficient (Wildman–Crippen LogP) is 4.16. The molecule has 0 aliphatic carbocycles. The van der Waals surface area contributed by atoms with Gasteiger partial charge in [0.1, 0.15) is 0 Å². The van der Waals surface area contributed by atoms with Crippen molar-refractivity contribution in [1.29, 1.82) is 0 Å². The first kappa shape index (κ1) is 25.2. The summed E-state index contributed by atoms with van der Waals surface area (Å²) in [6.07, 6.45) is -4.62. The zero-order chi connectivity index (χ0) is 24.4. The number of alkyl halides is 3. The van der Waals surface area contributed by atoms with Gasteiger partial charge in [0.25, 0.3) is 0 Å². The number of benzene rings is 2. The number of anilines is 1. The summed E-state index contributed by atoms with van der Waals surface area (Å²) >= 11 is 0. The maximum absolute atomic E-state index is 13.0. The van der Waals surface area contributed by atoms with E-state index in [0.717, 1.165) is 27.7 Å². The second kappa shape index (κ2) is 9.82. The van der Waals surface area contributed by atoms with E-state index in [1.165, 1.54) is 6.07 Å². The van der Waals surface area contributed by atoms with Crippen molar-refractivity contribution in [3.05, 3.63) is 59.7 Å². The first-order valence-electron chi connectivity index (χ1n) is 10.7. The Morgan fingerprint density at radius 3 is 2.21 bits per heavy atom. The summed E-state index contributed by atoms with van der Waals surface area (Å²) < 4.78 is 65.9. The van der Waals surface area contributed by atoms with Gasteiger partial charge in [-0.2, -0.15) is 17.5 Å². The number of nitrogens with one attached hydrogen (secondary N) is 1. The van der Waals surface area contributed by atoms with Crippen LogP contribution in [0.25, 0.3) is 0 Å². The number of amides is 1. The summed E-state index contributed by atoms with van der Waals surface area (Å²) in [5.41, 5.74) is 0.763. The molecule has 33 heavy (non-hydrogen) atoms. The zero-order valence-corrected chi connectivity index (χ0v) is 19.6. The molecule has 2 aromatic carbocycles. The van der Waals surface area contributed by atoms with Gasteiger partial charge < -0.3 is 5.32 Å². The molecule has 2 aromatic rings. The van der Waals surface area contributed by atoms with E-state index in [-0.39, 0.29) is 29.8 Å². The highest BCUT2D eigenvalue weighted by Crippen LogP contribution is 2.31. The van der Waals surface area contributed by atoms with Crippen LogP contribution in [0.4, 0.5) is 18.9 Å². The molecule has 0 spiro atoms. The third-order valence-corrected chi connectivity index (χ3v) is 7.73. The summed E-state index contributed by atoms with van der Waals surface area (Å²) in [7, 11) is -4.07. The molecular formula is C23H28F3N3O3S. The lowest BCUT2D eigenvalue weighted by Crippen LogP contribution is -2.53. The Morgan fingerprint density at radius 1 is 0.970 bits per heavy atom. The van der Waals surface area contributed by atoms with Crippen molar-refractivity contribution in [1.82, 2.24) is 9.21 Å². The van der Waals surface area contributed by atoms with Crippen molar-refractivity contribution in [3.63, 3.8) is 0 Å². The molecule has 1 unspecified atom stereocenters. The molecule has 10 heteroatoms. The van der Waals surface area contributed by atoms with E-state index in [9.17, 15) is 26.4 Å². The number of piperazine rings is 1. The van der Waals surface area contributed by atoms with Gasteiger partial charge >= 0.3 is 6.18 Å². The van der Waals surface area contributed by atoms with Crippen LogP contribution in [0.3, 0.4) is 0 Å². The Hall–Kier alpha value is -2.43. The molecule has 0 saturated carbocycles. The number of sulfonamides is 1. The predicted molar refractivity (Wildman–Crippen MR) is 120 cm³/mol. The van der Waals surface area contributed by atoms with Crippen LogP contribution in [0.15, 0.2) is 53.4 Å². The average molecular weight is 484 g/mol. The van der Waals surface area contributed by atoms with Gasteiger partial charge in [0.15, 0.2) is 0 Å². The Morgan fingerprint density at radius 2 is 1.61 bits per heavy atom. The molecule has 1 heterocycles. The minimum absolute atomic E-state index is 0.0821. The van der Waals surface area contributed by atoms with Crippen molar-refractivity contribution >= 4 is 21.6 Å². The van der Waals surface area contributed by atoms with Crippen molar-refractivity contribution in [2.75, 3.05) is 31.5 Å².